The van der Waals surface area contributed by atoms with E-state index >= 15 is 0 Å². The minimum Gasteiger partial charge on any atom is -0.460 e. The van der Waals surface area contributed by atoms with Crippen LogP contribution in [0.25, 0.3) is 0 Å². The number of benzene rings is 2. The number of esters is 1. The Balaban J connectivity index is 1.81. The summed E-state index contributed by atoms with van der Waals surface area (Å²) in [5.74, 6) is -0.748. The Morgan fingerprint density at radius 3 is 2.52 bits per heavy atom. The number of nitro benzene ring substituents is 1. The first-order valence-corrected chi connectivity index (χ1v) is 11.4. The van der Waals surface area contributed by atoms with E-state index in [4.69, 9.17) is 9.47 Å². The number of ether oxygens (including phenoxy) is 2. The van der Waals surface area contributed by atoms with E-state index in [9.17, 15) is 23.3 Å². The molecule has 9 nitrogen and oxygen atoms in total. The van der Waals surface area contributed by atoms with Gasteiger partial charge in [0, 0.05) is 19.2 Å². The molecule has 1 heterocycles. The van der Waals surface area contributed by atoms with Crippen molar-refractivity contribution in [3.63, 3.8) is 0 Å². The highest BCUT2D eigenvalue weighted by Crippen LogP contribution is 2.27. The molecule has 1 aliphatic rings. The first-order chi connectivity index (χ1) is 14.9. The molecule has 0 spiro atoms. The number of hydrogen-bond donors (Lipinski definition) is 0. The molecule has 0 bridgehead atoms. The summed E-state index contributed by atoms with van der Waals surface area (Å²) in [4.78, 5) is 22.6. The molecule has 0 amide bonds. The maximum absolute atomic E-state index is 13.3. The van der Waals surface area contributed by atoms with Crippen LogP contribution in [0.3, 0.4) is 0 Å². The third-order valence-corrected chi connectivity index (χ3v) is 6.77. The lowest BCUT2D eigenvalue weighted by molar-refractivity contribution is -0.387. The summed E-state index contributed by atoms with van der Waals surface area (Å²) < 4.78 is 38.4. The van der Waals surface area contributed by atoms with Crippen molar-refractivity contribution >= 4 is 21.7 Å². The molecule has 3 rings (SSSR count). The van der Waals surface area contributed by atoms with Crippen molar-refractivity contribution in [1.82, 2.24) is 4.31 Å². The molecule has 0 aliphatic carbocycles. The van der Waals surface area contributed by atoms with E-state index in [1.54, 1.807) is 24.3 Å². The van der Waals surface area contributed by atoms with E-state index in [-0.39, 0.29) is 13.2 Å². The van der Waals surface area contributed by atoms with Gasteiger partial charge in [-0.1, -0.05) is 42.5 Å². The fraction of sp³-hybridized carbons (Fsp3) is 0.381. The van der Waals surface area contributed by atoms with Crippen LogP contribution in [0.5, 0.6) is 0 Å². The summed E-state index contributed by atoms with van der Waals surface area (Å²) in [5.41, 5.74) is 0.217. The van der Waals surface area contributed by atoms with Gasteiger partial charge >= 0.3 is 5.97 Å². The molecule has 0 aromatic heterocycles. The Hall–Kier alpha value is -2.82. The molecular weight excluding hydrogens is 424 g/mol. The van der Waals surface area contributed by atoms with Gasteiger partial charge in [-0.2, -0.15) is 4.31 Å². The third-order valence-electron chi connectivity index (χ3n) is 4.91. The maximum atomic E-state index is 13.3. The number of para-hydroxylation sites is 1. The number of nitro groups is 1. The second-order valence-electron chi connectivity index (χ2n) is 7.16. The summed E-state index contributed by atoms with van der Waals surface area (Å²) >= 11 is 0. The zero-order valence-electron chi connectivity index (χ0n) is 16.9. The molecule has 0 unspecified atom stereocenters. The summed E-state index contributed by atoms with van der Waals surface area (Å²) in [5, 5.41) is 11.4. The van der Waals surface area contributed by atoms with Gasteiger partial charge in [0.05, 0.1) is 11.0 Å². The molecule has 166 valence electrons. The van der Waals surface area contributed by atoms with Crippen LogP contribution in [0.15, 0.2) is 59.5 Å². The molecule has 0 radical (unpaired) electrons. The Bertz CT molecular complexity index is 1010. The molecule has 1 saturated heterocycles. The molecule has 1 fully saturated rings. The molecular formula is C21H24N2O7S. The monoisotopic (exact) mass is 448 g/mol. The zero-order valence-corrected chi connectivity index (χ0v) is 17.7. The summed E-state index contributed by atoms with van der Waals surface area (Å²) in [7, 11) is -4.34. The number of rotatable bonds is 9. The zero-order chi connectivity index (χ0) is 22.3. The first-order valence-electron chi connectivity index (χ1n) is 9.92. The van der Waals surface area contributed by atoms with Crippen molar-refractivity contribution < 1.29 is 27.6 Å². The van der Waals surface area contributed by atoms with Crippen LogP contribution in [0, 0.1) is 10.1 Å². The predicted molar refractivity (Wildman–Crippen MR) is 112 cm³/mol. The lowest BCUT2D eigenvalue weighted by Crippen LogP contribution is -2.43. The second kappa shape index (κ2) is 10.5. The lowest BCUT2D eigenvalue weighted by atomic mass is 10.1. The Kier molecular flexibility index (Phi) is 7.72. The normalized spacial score (nSPS) is 16.7. The van der Waals surface area contributed by atoms with Crippen molar-refractivity contribution in [3.05, 3.63) is 70.3 Å². The van der Waals surface area contributed by atoms with Crippen LogP contribution in [-0.2, 0) is 30.9 Å². The van der Waals surface area contributed by atoms with Crippen LogP contribution in [0.1, 0.15) is 24.8 Å². The quantitative estimate of drug-likeness (QED) is 0.329. The van der Waals surface area contributed by atoms with E-state index in [1.807, 2.05) is 6.07 Å². The minimum absolute atomic E-state index is 0.00102. The molecule has 0 saturated carbocycles. The number of hydrogen-bond acceptors (Lipinski definition) is 7. The SMILES string of the molecule is O=C(CN(C[C@@H]1CCCCO1)S(=O)(=O)c1ccccc1[N+](=O)[O-])OCc1ccccc1. The van der Waals surface area contributed by atoms with Crippen LogP contribution < -0.4 is 0 Å². The fourth-order valence-corrected chi connectivity index (χ4v) is 4.89. The van der Waals surface area contributed by atoms with Crippen molar-refractivity contribution in [3.8, 4) is 0 Å². The highest BCUT2D eigenvalue weighted by atomic mass is 32.2. The maximum Gasteiger partial charge on any atom is 0.321 e. The van der Waals surface area contributed by atoms with E-state index < -0.39 is 44.1 Å². The van der Waals surface area contributed by atoms with Gasteiger partial charge in [-0.05, 0) is 30.9 Å². The van der Waals surface area contributed by atoms with E-state index in [0.717, 1.165) is 34.8 Å². The highest BCUT2D eigenvalue weighted by molar-refractivity contribution is 7.89. The number of carbonyl (C=O) groups excluding carboxylic acids is 1. The highest BCUT2D eigenvalue weighted by Gasteiger charge is 2.35. The molecule has 0 N–H and O–H groups in total. The van der Waals surface area contributed by atoms with E-state index in [0.29, 0.717) is 13.0 Å². The predicted octanol–water partition coefficient (Wildman–Crippen LogP) is 2.90. The Morgan fingerprint density at radius 1 is 1.13 bits per heavy atom. The van der Waals surface area contributed by atoms with Gasteiger partial charge in [-0.25, -0.2) is 8.42 Å². The van der Waals surface area contributed by atoms with Gasteiger partial charge in [0.2, 0.25) is 0 Å². The fourth-order valence-electron chi connectivity index (χ4n) is 3.32. The van der Waals surface area contributed by atoms with E-state index in [1.165, 1.54) is 12.1 Å². The largest absolute Gasteiger partial charge is 0.460 e. The van der Waals surface area contributed by atoms with Gasteiger partial charge in [0.25, 0.3) is 15.7 Å². The van der Waals surface area contributed by atoms with Crippen molar-refractivity contribution in [2.75, 3.05) is 19.7 Å². The average molecular weight is 448 g/mol. The number of sulfonamides is 1. The Labute approximate surface area is 180 Å². The summed E-state index contributed by atoms with van der Waals surface area (Å²) in [6, 6.07) is 14.1. The van der Waals surface area contributed by atoms with Crippen LogP contribution in [-0.4, -0.2) is 49.4 Å². The second-order valence-corrected chi connectivity index (χ2v) is 9.06. The number of nitrogens with zero attached hydrogens (tertiary/aromatic N) is 2. The van der Waals surface area contributed by atoms with Crippen molar-refractivity contribution in [2.24, 2.45) is 0 Å². The first kappa shape index (κ1) is 22.9. The van der Waals surface area contributed by atoms with Gasteiger partial charge in [0.1, 0.15) is 13.2 Å². The van der Waals surface area contributed by atoms with Crippen molar-refractivity contribution in [1.29, 1.82) is 0 Å². The standard InChI is InChI=1S/C21H24N2O7S/c24-21(30-16-17-8-2-1-3-9-17)15-22(14-18-10-6-7-13-29-18)31(27,28)20-12-5-4-11-19(20)23(25)26/h1-5,8-9,11-12,18H,6-7,10,13-16H2/t18-/m0/s1. The molecule has 1 aliphatic heterocycles. The van der Waals surface area contributed by atoms with Gasteiger partial charge in [-0.15, -0.1) is 0 Å². The van der Waals surface area contributed by atoms with Crippen LogP contribution in [0.2, 0.25) is 0 Å². The molecule has 2 aromatic rings. The summed E-state index contributed by atoms with van der Waals surface area (Å²) in [6.07, 6.45) is 2.00. The molecule has 2 aromatic carbocycles. The molecule has 31 heavy (non-hydrogen) atoms. The van der Waals surface area contributed by atoms with Gasteiger partial charge in [0.15, 0.2) is 4.90 Å². The number of carbonyl (C=O) groups is 1. The van der Waals surface area contributed by atoms with Crippen LogP contribution in [0.4, 0.5) is 5.69 Å². The topological polar surface area (TPSA) is 116 Å². The lowest BCUT2D eigenvalue weighted by Gasteiger charge is -2.28. The Morgan fingerprint density at radius 2 is 1.84 bits per heavy atom. The van der Waals surface area contributed by atoms with Gasteiger partial charge < -0.3 is 9.47 Å². The molecule has 10 heteroatoms. The summed E-state index contributed by atoms with van der Waals surface area (Å²) in [6.45, 7) is -0.155. The minimum atomic E-state index is -4.34. The molecule has 1 atom stereocenters. The van der Waals surface area contributed by atoms with Gasteiger partial charge in [-0.3, -0.25) is 14.9 Å². The van der Waals surface area contributed by atoms with Crippen molar-refractivity contribution in [2.45, 2.75) is 36.9 Å². The van der Waals surface area contributed by atoms with E-state index in [2.05, 4.69) is 0 Å². The third kappa shape index (κ3) is 6.09. The average Bonchev–Trinajstić information content (AvgIpc) is 2.78. The smallest absolute Gasteiger partial charge is 0.321 e. The van der Waals surface area contributed by atoms with Crippen LogP contribution >= 0.6 is 0 Å².